The molecule has 0 bridgehead atoms. The highest BCUT2D eigenvalue weighted by molar-refractivity contribution is 7.89. The smallest absolute Gasteiger partial charge is 0.274 e. The van der Waals surface area contributed by atoms with Crippen LogP contribution in [0.15, 0.2) is 70.3 Å². The molecule has 2 aromatic carbocycles. The van der Waals surface area contributed by atoms with Crippen LogP contribution in [-0.4, -0.2) is 38.6 Å². The highest BCUT2D eigenvalue weighted by atomic mass is 32.2. The van der Waals surface area contributed by atoms with Crippen LogP contribution in [0.2, 0.25) is 19.6 Å². The van der Waals surface area contributed by atoms with Gasteiger partial charge >= 0.3 is 0 Å². The third kappa shape index (κ3) is 7.06. The Labute approximate surface area is 210 Å². The van der Waals surface area contributed by atoms with Crippen molar-refractivity contribution in [3.63, 3.8) is 0 Å². The fraction of sp³-hybridized carbons (Fsp3) is 0.292. The van der Waals surface area contributed by atoms with Crippen LogP contribution < -0.4 is 0 Å². The number of sulfonamides is 1. The molecule has 1 heterocycles. The molecule has 0 N–H and O–H groups in total. The quantitative estimate of drug-likeness (QED) is 0.192. The molecule has 0 amide bonds. The van der Waals surface area contributed by atoms with Crippen molar-refractivity contribution in [2.75, 3.05) is 6.61 Å². The Morgan fingerprint density at radius 3 is 2.46 bits per heavy atom. The lowest BCUT2D eigenvalue weighted by Gasteiger charge is -2.33. The van der Waals surface area contributed by atoms with Gasteiger partial charge in [0.1, 0.15) is 0 Å². The molecule has 3 aromatic rings. The van der Waals surface area contributed by atoms with E-state index in [0.717, 1.165) is 5.56 Å². The summed E-state index contributed by atoms with van der Waals surface area (Å²) in [5.41, 5.74) is 1.05. The van der Waals surface area contributed by atoms with Crippen LogP contribution in [0.4, 0.5) is 5.69 Å². The van der Waals surface area contributed by atoms with Crippen LogP contribution in [0.3, 0.4) is 0 Å². The van der Waals surface area contributed by atoms with Gasteiger partial charge in [-0.1, -0.05) is 30.3 Å². The van der Waals surface area contributed by atoms with E-state index in [2.05, 4.69) is 0 Å². The highest BCUT2D eigenvalue weighted by Gasteiger charge is 2.35. The number of hydrogen-bond donors (Lipinski definition) is 0. The molecule has 184 valence electrons. The molecule has 0 unspecified atom stereocenters. The lowest BCUT2D eigenvalue weighted by molar-refractivity contribution is -0.385. The first kappa shape index (κ1) is 26.7. The van der Waals surface area contributed by atoms with Gasteiger partial charge in [-0.25, -0.2) is 8.42 Å². The number of thiophene rings is 1. The second-order valence-electron chi connectivity index (χ2n) is 8.99. The highest BCUT2D eigenvalue weighted by Crippen LogP contribution is 2.29. The standard InChI is InChI=1S/C24H27N3O5S2Si/c1-35(2,3)32-17-22(14-19-7-5-4-6-8-19)26(34(30,31)23-11-12-33-18-23)16-21-13-20(15-25)9-10-24(21)27(28)29/h4-13,18,22H,14,16-17H2,1-3H3/t22-/m1/s1. The topological polar surface area (TPSA) is 114 Å². The van der Waals surface area contributed by atoms with Gasteiger partial charge in [-0.2, -0.15) is 20.9 Å². The summed E-state index contributed by atoms with van der Waals surface area (Å²) in [5, 5.41) is 24.3. The molecule has 0 aliphatic heterocycles. The lowest BCUT2D eigenvalue weighted by Crippen LogP contribution is -2.45. The van der Waals surface area contributed by atoms with Gasteiger partial charge in [0, 0.05) is 23.6 Å². The van der Waals surface area contributed by atoms with Crippen LogP contribution in [-0.2, 0) is 27.4 Å². The molecule has 0 radical (unpaired) electrons. The van der Waals surface area contributed by atoms with Crippen LogP contribution in [0.25, 0.3) is 0 Å². The second kappa shape index (κ2) is 11.2. The average Bonchev–Trinajstić information content (AvgIpc) is 3.36. The maximum absolute atomic E-state index is 13.8. The van der Waals surface area contributed by atoms with Gasteiger partial charge in [0.05, 0.1) is 34.1 Å². The van der Waals surface area contributed by atoms with E-state index in [4.69, 9.17) is 4.43 Å². The Bertz CT molecular complexity index is 1300. The minimum absolute atomic E-state index is 0.118. The van der Waals surface area contributed by atoms with Crippen molar-refractivity contribution in [1.82, 2.24) is 4.31 Å². The van der Waals surface area contributed by atoms with Gasteiger partial charge < -0.3 is 4.43 Å². The van der Waals surface area contributed by atoms with Crippen molar-refractivity contribution in [2.45, 2.75) is 43.5 Å². The van der Waals surface area contributed by atoms with Gasteiger partial charge in [0.15, 0.2) is 8.32 Å². The summed E-state index contributed by atoms with van der Waals surface area (Å²) >= 11 is 1.26. The van der Waals surface area contributed by atoms with Gasteiger partial charge in [-0.15, -0.1) is 0 Å². The minimum atomic E-state index is -4.03. The maximum Gasteiger partial charge on any atom is 0.274 e. The summed E-state index contributed by atoms with van der Waals surface area (Å²) in [6.07, 6.45) is 0.362. The zero-order chi connectivity index (χ0) is 25.6. The van der Waals surface area contributed by atoms with Crippen molar-refractivity contribution in [1.29, 1.82) is 5.26 Å². The first-order valence-corrected chi connectivity index (χ1v) is 16.7. The van der Waals surface area contributed by atoms with Gasteiger partial charge in [0.2, 0.25) is 10.0 Å². The number of benzene rings is 2. The Morgan fingerprint density at radius 1 is 1.17 bits per heavy atom. The summed E-state index contributed by atoms with van der Waals surface area (Å²) in [7, 11) is -6.05. The zero-order valence-electron chi connectivity index (χ0n) is 19.7. The first-order chi connectivity index (χ1) is 16.5. The minimum Gasteiger partial charge on any atom is -0.416 e. The molecule has 0 aliphatic carbocycles. The molecule has 0 spiro atoms. The number of nitriles is 1. The molecule has 1 atom stereocenters. The van der Waals surface area contributed by atoms with Crippen molar-refractivity contribution < 1.29 is 17.8 Å². The van der Waals surface area contributed by atoms with Crippen molar-refractivity contribution >= 4 is 35.4 Å². The van der Waals surface area contributed by atoms with E-state index in [-0.39, 0.29) is 34.9 Å². The molecule has 3 rings (SSSR count). The van der Waals surface area contributed by atoms with E-state index in [0.29, 0.717) is 6.42 Å². The number of hydrogen-bond acceptors (Lipinski definition) is 7. The van der Waals surface area contributed by atoms with Crippen LogP contribution in [0.5, 0.6) is 0 Å². The van der Waals surface area contributed by atoms with Crippen LogP contribution >= 0.6 is 11.3 Å². The third-order valence-corrected chi connectivity index (χ3v) is 9.02. The number of nitro benzene ring substituents is 1. The maximum atomic E-state index is 13.8. The first-order valence-electron chi connectivity index (χ1n) is 10.9. The Balaban J connectivity index is 2.13. The lowest BCUT2D eigenvalue weighted by atomic mass is 10.1. The fourth-order valence-corrected chi connectivity index (χ4v) is 6.84. The molecule has 35 heavy (non-hydrogen) atoms. The van der Waals surface area contributed by atoms with E-state index in [1.165, 1.54) is 39.9 Å². The van der Waals surface area contributed by atoms with Crippen LogP contribution in [0, 0.1) is 21.4 Å². The van der Waals surface area contributed by atoms with Crippen molar-refractivity contribution in [3.8, 4) is 6.07 Å². The molecule has 0 fully saturated rings. The monoisotopic (exact) mass is 529 g/mol. The Morgan fingerprint density at radius 2 is 1.89 bits per heavy atom. The number of nitrogens with zero attached hydrogens (tertiary/aromatic N) is 3. The molecule has 1 aromatic heterocycles. The van der Waals surface area contributed by atoms with Crippen molar-refractivity contribution in [2.24, 2.45) is 0 Å². The van der Waals surface area contributed by atoms with Crippen molar-refractivity contribution in [3.05, 3.63) is 92.2 Å². The van der Waals surface area contributed by atoms with Gasteiger partial charge in [-0.05, 0) is 55.2 Å². The van der Waals surface area contributed by atoms with E-state index < -0.39 is 29.3 Å². The predicted octanol–water partition coefficient (Wildman–Crippen LogP) is 5.18. The third-order valence-electron chi connectivity index (χ3n) is 5.26. The molecular weight excluding hydrogens is 503 g/mol. The summed E-state index contributed by atoms with van der Waals surface area (Å²) in [4.78, 5) is 11.3. The molecule has 11 heteroatoms. The van der Waals surface area contributed by atoms with E-state index in [1.807, 2.05) is 56.0 Å². The Kier molecular flexibility index (Phi) is 8.58. The molecular formula is C24H27N3O5S2Si. The van der Waals surface area contributed by atoms with Crippen LogP contribution in [0.1, 0.15) is 16.7 Å². The van der Waals surface area contributed by atoms with Gasteiger partial charge in [0.25, 0.3) is 5.69 Å². The number of rotatable bonds is 11. The molecule has 0 saturated carbocycles. The van der Waals surface area contributed by atoms with E-state index >= 15 is 0 Å². The van der Waals surface area contributed by atoms with E-state index in [1.54, 1.807) is 10.8 Å². The molecule has 8 nitrogen and oxygen atoms in total. The SMILES string of the molecule is C[Si](C)(C)OC[C@@H](Cc1ccccc1)N(Cc1cc(C#N)ccc1[N+](=O)[O-])S(=O)(=O)c1ccsc1. The molecule has 0 aliphatic rings. The predicted molar refractivity (Wildman–Crippen MR) is 138 cm³/mol. The second-order valence-corrected chi connectivity index (χ2v) is 16.2. The number of nitro groups is 1. The molecule has 0 saturated heterocycles. The zero-order valence-corrected chi connectivity index (χ0v) is 22.4. The summed E-state index contributed by atoms with van der Waals surface area (Å²) < 4.78 is 35.1. The average molecular weight is 530 g/mol. The van der Waals surface area contributed by atoms with Gasteiger partial charge in [-0.3, -0.25) is 10.1 Å². The summed E-state index contributed by atoms with van der Waals surface area (Å²) in [6.45, 7) is 5.93. The van der Waals surface area contributed by atoms with E-state index in [9.17, 15) is 23.8 Å². The Hall–Kier alpha value is -2.88. The summed E-state index contributed by atoms with van der Waals surface area (Å²) in [5.74, 6) is 0. The fourth-order valence-electron chi connectivity index (χ4n) is 3.55. The largest absolute Gasteiger partial charge is 0.416 e. The normalized spacial score (nSPS) is 12.9. The summed E-state index contributed by atoms with van der Waals surface area (Å²) in [6, 6.07) is 16.3.